The third kappa shape index (κ3) is 4.42. The van der Waals surface area contributed by atoms with E-state index in [4.69, 9.17) is 0 Å². The lowest BCUT2D eigenvalue weighted by atomic mass is 9.81. The average Bonchev–Trinajstić information content (AvgIpc) is 2.83. The molecule has 1 heterocycles. The third-order valence-electron chi connectivity index (χ3n) is 3.97. The summed E-state index contributed by atoms with van der Waals surface area (Å²) in [6.07, 6.45) is 4.03. The molecule has 4 heteroatoms. The van der Waals surface area contributed by atoms with Crippen molar-refractivity contribution in [3.05, 3.63) is 53.9 Å². The summed E-state index contributed by atoms with van der Waals surface area (Å²) in [5.74, 6) is 0. The van der Waals surface area contributed by atoms with Gasteiger partial charge in [-0.05, 0) is 26.7 Å². The molecule has 1 unspecified atom stereocenters. The van der Waals surface area contributed by atoms with E-state index in [2.05, 4.69) is 79.5 Å². The highest BCUT2D eigenvalue weighted by Gasteiger charge is 2.29. The Hall–Kier alpha value is -1.65. The maximum Gasteiger partial charge on any atom is 0.0534 e. The van der Waals surface area contributed by atoms with Gasteiger partial charge in [0.1, 0.15) is 0 Å². The Balaban J connectivity index is 2.12. The molecular formula is C18H28N4. The Kier molecular flexibility index (Phi) is 5.37. The highest BCUT2D eigenvalue weighted by Crippen LogP contribution is 2.26. The zero-order chi connectivity index (χ0) is 16.2. The maximum atomic E-state index is 4.25. The molecule has 22 heavy (non-hydrogen) atoms. The molecule has 0 amide bonds. The van der Waals surface area contributed by atoms with Gasteiger partial charge >= 0.3 is 0 Å². The van der Waals surface area contributed by atoms with Crippen molar-refractivity contribution in [1.29, 1.82) is 0 Å². The fraction of sp³-hybridized carbons (Fsp3) is 0.500. The number of likely N-dealkylation sites (N-methyl/N-ethyl adjacent to an activating group) is 2. The van der Waals surface area contributed by atoms with Crippen LogP contribution in [-0.4, -0.2) is 53.8 Å². The van der Waals surface area contributed by atoms with Crippen LogP contribution in [0.3, 0.4) is 0 Å². The number of nitrogens with zero attached hydrogens (tertiary/aromatic N) is 4. The number of aromatic nitrogens is 2. The van der Waals surface area contributed by atoms with Crippen LogP contribution in [0, 0.1) is 0 Å². The first-order valence-corrected chi connectivity index (χ1v) is 7.75. The minimum absolute atomic E-state index is 0.0989. The van der Waals surface area contributed by atoms with E-state index in [0.717, 1.165) is 19.6 Å². The molecule has 0 aliphatic rings. The van der Waals surface area contributed by atoms with Gasteiger partial charge in [-0.3, -0.25) is 4.68 Å². The summed E-state index contributed by atoms with van der Waals surface area (Å²) in [6.45, 7) is 5.30. The van der Waals surface area contributed by atoms with Gasteiger partial charge in [-0.1, -0.05) is 37.3 Å². The number of hydrogen-bond acceptors (Lipinski definition) is 3. The maximum absolute atomic E-state index is 4.25. The van der Waals surface area contributed by atoms with E-state index in [1.54, 1.807) is 0 Å². The fourth-order valence-electron chi connectivity index (χ4n) is 3.29. The first-order chi connectivity index (χ1) is 10.4. The normalized spacial score (nSPS) is 14.5. The van der Waals surface area contributed by atoms with Crippen LogP contribution in [0.25, 0.3) is 0 Å². The first kappa shape index (κ1) is 16.7. The molecule has 2 aromatic rings. The molecule has 2 rings (SSSR count). The minimum Gasteiger partial charge on any atom is -0.308 e. The summed E-state index contributed by atoms with van der Waals surface area (Å²) < 4.78 is 1.86. The lowest BCUT2D eigenvalue weighted by Crippen LogP contribution is -2.43. The molecule has 0 N–H and O–H groups in total. The van der Waals surface area contributed by atoms with Crippen molar-refractivity contribution in [2.75, 3.05) is 34.2 Å². The molecule has 0 saturated heterocycles. The topological polar surface area (TPSA) is 24.3 Å². The predicted molar refractivity (Wildman–Crippen MR) is 91.9 cm³/mol. The molecule has 0 aliphatic carbocycles. The SMILES string of the molecule is CN(C)CC(C)(CN(C)Cc1cnn(C)c1)c1ccccc1. The summed E-state index contributed by atoms with van der Waals surface area (Å²) in [6, 6.07) is 10.8. The molecule has 0 bridgehead atoms. The Bertz CT molecular complexity index is 576. The lowest BCUT2D eigenvalue weighted by molar-refractivity contribution is 0.206. The smallest absolute Gasteiger partial charge is 0.0534 e. The summed E-state index contributed by atoms with van der Waals surface area (Å²) in [7, 11) is 8.43. The average molecular weight is 300 g/mol. The second-order valence-electron chi connectivity index (χ2n) is 6.86. The summed E-state index contributed by atoms with van der Waals surface area (Å²) in [5.41, 5.74) is 2.74. The summed E-state index contributed by atoms with van der Waals surface area (Å²) >= 11 is 0. The highest BCUT2D eigenvalue weighted by molar-refractivity contribution is 5.25. The van der Waals surface area contributed by atoms with Crippen molar-refractivity contribution < 1.29 is 0 Å². The molecule has 4 nitrogen and oxygen atoms in total. The van der Waals surface area contributed by atoms with Crippen LogP contribution in [0.1, 0.15) is 18.1 Å². The molecule has 1 aromatic carbocycles. The molecule has 0 aliphatic heterocycles. The molecule has 0 fully saturated rings. The van der Waals surface area contributed by atoms with E-state index in [-0.39, 0.29) is 5.41 Å². The van der Waals surface area contributed by atoms with Gasteiger partial charge in [0.05, 0.1) is 6.20 Å². The molecule has 1 aromatic heterocycles. The van der Waals surface area contributed by atoms with Crippen LogP contribution in [0.5, 0.6) is 0 Å². The molecule has 0 saturated carbocycles. The second-order valence-corrected chi connectivity index (χ2v) is 6.86. The van der Waals surface area contributed by atoms with Crippen molar-refractivity contribution >= 4 is 0 Å². The van der Waals surface area contributed by atoms with Crippen molar-refractivity contribution in [2.24, 2.45) is 7.05 Å². The Morgan fingerprint density at radius 3 is 2.32 bits per heavy atom. The van der Waals surface area contributed by atoms with Gasteiger partial charge in [-0.15, -0.1) is 0 Å². The monoisotopic (exact) mass is 300 g/mol. The molecule has 0 spiro atoms. The zero-order valence-corrected chi connectivity index (χ0v) is 14.5. The van der Waals surface area contributed by atoms with E-state index in [1.807, 2.05) is 17.9 Å². The number of aryl methyl sites for hydroxylation is 1. The van der Waals surface area contributed by atoms with Crippen LogP contribution in [0.15, 0.2) is 42.7 Å². The molecule has 120 valence electrons. The fourth-order valence-corrected chi connectivity index (χ4v) is 3.29. The van der Waals surface area contributed by atoms with Crippen molar-refractivity contribution in [1.82, 2.24) is 19.6 Å². The number of hydrogen-bond donors (Lipinski definition) is 0. The van der Waals surface area contributed by atoms with Gasteiger partial charge in [-0.25, -0.2) is 0 Å². The zero-order valence-electron chi connectivity index (χ0n) is 14.5. The molecule has 1 atom stereocenters. The Labute approximate surface area is 134 Å². The summed E-state index contributed by atoms with van der Waals surface area (Å²) in [4.78, 5) is 4.65. The van der Waals surface area contributed by atoms with Crippen molar-refractivity contribution in [3.8, 4) is 0 Å². The van der Waals surface area contributed by atoms with Gasteiger partial charge < -0.3 is 9.80 Å². The van der Waals surface area contributed by atoms with Crippen LogP contribution in [0.2, 0.25) is 0 Å². The van der Waals surface area contributed by atoms with Gasteiger partial charge in [0.2, 0.25) is 0 Å². The van der Waals surface area contributed by atoms with Gasteiger partial charge in [0.25, 0.3) is 0 Å². The molecular weight excluding hydrogens is 272 g/mol. The van der Waals surface area contributed by atoms with E-state index >= 15 is 0 Å². The highest BCUT2D eigenvalue weighted by atomic mass is 15.2. The van der Waals surface area contributed by atoms with Gasteiger partial charge in [0, 0.05) is 43.9 Å². The van der Waals surface area contributed by atoms with E-state index < -0.39 is 0 Å². The van der Waals surface area contributed by atoms with E-state index in [0.29, 0.717) is 0 Å². The molecule has 0 radical (unpaired) electrons. The number of benzene rings is 1. The summed E-state index contributed by atoms with van der Waals surface area (Å²) in [5, 5.41) is 4.25. The largest absolute Gasteiger partial charge is 0.308 e. The first-order valence-electron chi connectivity index (χ1n) is 7.75. The Morgan fingerprint density at radius 2 is 1.77 bits per heavy atom. The van der Waals surface area contributed by atoms with Crippen LogP contribution >= 0.6 is 0 Å². The van der Waals surface area contributed by atoms with E-state index in [1.165, 1.54) is 11.1 Å². The van der Waals surface area contributed by atoms with Gasteiger partial charge in [-0.2, -0.15) is 5.10 Å². The van der Waals surface area contributed by atoms with Crippen LogP contribution < -0.4 is 0 Å². The third-order valence-corrected chi connectivity index (χ3v) is 3.97. The minimum atomic E-state index is 0.0989. The number of rotatable bonds is 7. The van der Waals surface area contributed by atoms with E-state index in [9.17, 15) is 0 Å². The second kappa shape index (κ2) is 7.07. The predicted octanol–water partition coefficient (Wildman–Crippen LogP) is 2.37. The van der Waals surface area contributed by atoms with Crippen molar-refractivity contribution in [2.45, 2.75) is 18.9 Å². The quantitative estimate of drug-likeness (QED) is 0.784. The van der Waals surface area contributed by atoms with Crippen molar-refractivity contribution in [3.63, 3.8) is 0 Å². The lowest BCUT2D eigenvalue weighted by Gasteiger charge is -2.36. The van der Waals surface area contributed by atoms with Gasteiger partial charge in [0.15, 0.2) is 0 Å². The van der Waals surface area contributed by atoms with Crippen LogP contribution in [-0.2, 0) is 19.0 Å². The van der Waals surface area contributed by atoms with Crippen LogP contribution in [0.4, 0.5) is 0 Å². The Morgan fingerprint density at radius 1 is 1.09 bits per heavy atom. The standard InChI is InChI=1S/C18H28N4/c1-18(14-20(2)3,17-9-7-6-8-10-17)15-21(4)12-16-11-19-22(5)13-16/h6-11,13H,12,14-15H2,1-5H3.